The SMILES string of the molecule is Cn1c(/C(C#N)=c2/s/c(=C\c3ccccc3)c(=O)n2-c2ccccc2)nc2ccccc21. The number of hydrogen-bond acceptors (Lipinski definition) is 4. The van der Waals surface area contributed by atoms with E-state index in [-0.39, 0.29) is 5.56 Å². The van der Waals surface area contributed by atoms with Gasteiger partial charge in [-0.1, -0.05) is 60.7 Å². The van der Waals surface area contributed by atoms with Gasteiger partial charge in [-0.3, -0.25) is 9.36 Å². The Labute approximate surface area is 188 Å². The molecule has 5 aromatic rings. The average molecular weight is 435 g/mol. The van der Waals surface area contributed by atoms with Crippen LogP contribution in [0.4, 0.5) is 0 Å². The van der Waals surface area contributed by atoms with E-state index in [0.29, 0.717) is 26.3 Å². The van der Waals surface area contributed by atoms with Gasteiger partial charge in [0.2, 0.25) is 0 Å². The highest BCUT2D eigenvalue weighted by molar-refractivity contribution is 7.07. The van der Waals surface area contributed by atoms with Crippen LogP contribution < -0.4 is 14.8 Å². The average Bonchev–Trinajstić information content (AvgIpc) is 3.33. The maximum absolute atomic E-state index is 13.5. The van der Waals surface area contributed by atoms with Crippen LogP contribution in [0.15, 0.2) is 89.7 Å². The molecule has 154 valence electrons. The second-order valence-electron chi connectivity index (χ2n) is 7.27. The van der Waals surface area contributed by atoms with Gasteiger partial charge in [-0.15, -0.1) is 11.3 Å². The zero-order valence-corrected chi connectivity index (χ0v) is 18.1. The molecule has 5 nitrogen and oxygen atoms in total. The van der Waals surface area contributed by atoms with E-state index in [2.05, 4.69) is 6.07 Å². The van der Waals surface area contributed by atoms with Crippen molar-refractivity contribution in [2.45, 2.75) is 0 Å². The molecule has 0 fully saturated rings. The molecule has 2 heterocycles. The predicted octanol–water partition coefficient (Wildman–Crippen LogP) is 3.34. The number of aromatic nitrogens is 3. The van der Waals surface area contributed by atoms with Gasteiger partial charge in [0.05, 0.1) is 21.3 Å². The van der Waals surface area contributed by atoms with Gasteiger partial charge < -0.3 is 4.57 Å². The monoisotopic (exact) mass is 434 g/mol. The van der Waals surface area contributed by atoms with E-state index < -0.39 is 0 Å². The molecule has 0 aliphatic heterocycles. The predicted molar refractivity (Wildman–Crippen MR) is 128 cm³/mol. The minimum Gasteiger partial charge on any atom is -0.326 e. The summed E-state index contributed by atoms with van der Waals surface area (Å²) in [5, 5.41) is 10.2. The van der Waals surface area contributed by atoms with Crippen molar-refractivity contribution < 1.29 is 0 Å². The van der Waals surface area contributed by atoms with Crippen LogP contribution in [0, 0.1) is 11.3 Å². The van der Waals surface area contributed by atoms with E-state index in [1.807, 2.05) is 103 Å². The lowest BCUT2D eigenvalue weighted by atomic mass is 10.2. The molecule has 0 radical (unpaired) electrons. The highest BCUT2D eigenvalue weighted by Crippen LogP contribution is 2.19. The first-order valence-corrected chi connectivity index (χ1v) is 10.9. The first kappa shape index (κ1) is 19.7. The maximum atomic E-state index is 13.5. The highest BCUT2D eigenvalue weighted by Gasteiger charge is 2.17. The normalized spacial score (nSPS) is 12.7. The number of rotatable bonds is 3. The third kappa shape index (κ3) is 3.35. The van der Waals surface area contributed by atoms with Crippen molar-refractivity contribution in [1.29, 1.82) is 5.26 Å². The molecule has 0 saturated heterocycles. The van der Waals surface area contributed by atoms with Crippen molar-refractivity contribution in [1.82, 2.24) is 14.1 Å². The van der Waals surface area contributed by atoms with Crippen LogP contribution in [0.5, 0.6) is 0 Å². The van der Waals surface area contributed by atoms with Gasteiger partial charge in [-0.05, 0) is 35.9 Å². The summed E-state index contributed by atoms with van der Waals surface area (Å²) in [5.74, 6) is 0.533. The van der Waals surface area contributed by atoms with Crippen molar-refractivity contribution in [3.8, 4) is 11.8 Å². The topological polar surface area (TPSA) is 63.6 Å². The molecule has 0 atom stereocenters. The number of imidazole rings is 1. The second kappa shape index (κ2) is 8.14. The molecular formula is C26H18N4OS. The quantitative estimate of drug-likeness (QED) is 0.438. The number of para-hydroxylation sites is 3. The molecule has 0 bridgehead atoms. The molecule has 0 amide bonds. The Balaban J connectivity index is 1.90. The summed E-state index contributed by atoms with van der Waals surface area (Å²) in [5.41, 5.74) is 3.58. The Kier molecular flexibility index (Phi) is 5.02. The highest BCUT2D eigenvalue weighted by atomic mass is 32.1. The largest absolute Gasteiger partial charge is 0.326 e. The zero-order valence-electron chi connectivity index (χ0n) is 17.3. The molecule has 0 aliphatic carbocycles. The van der Waals surface area contributed by atoms with Gasteiger partial charge in [-0.25, -0.2) is 4.98 Å². The van der Waals surface area contributed by atoms with E-state index in [1.54, 1.807) is 4.57 Å². The molecule has 3 aromatic carbocycles. The molecular weight excluding hydrogens is 416 g/mol. The number of hydrogen-bond donors (Lipinski definition) is 0. The summed E-state index contributed by atoms with van der Waals surface area (Å²) in [6.07, 6.45) is 1.86. The van der Waals surface area contributed by atoms with E-state index in [1.165, 1.54) is 11.3 Å². The lowest BCUT2D eigenvalue weighted by Gasteiger charge is -2.04. The molecule has 2 aromatic heterocycles. The van der Waals surface area contributed by atoms with Gasteiger partial charge in [0.15, 0.2) is 5.82 Å². The fourth-order valence-corrected chi connectivity index (χ4v) is 4.83. The molecule has 0 saturated carbocycles. The van der Waals surface area contributed by atoms with Crippen LogP contribution in [-0.2, 0) is 7.05 Å². The van der Waals surface area contributed by atoms with Crippen molar-refractivity contribution in [2.75, 3.05) is 0 Å². The van der Waals surface area contributed by atoms with Crippen molar-refractivity contribution >= 4 is 34.0 Å². The number of fused-ring (bicyclic) bond motifs is 1. The van der Waals surface area contributed by atoms with Crippen LogP contribution in [-0.4, -0.2) is 14.1 Å². The molecule has 0 spiro atoms. The van der Waals surface area contributed by atoms with Crippen molar-refractivity contribution in [3.05, 3.63) is 116 Å². The van der Waals surface area contributed by atoms with E-state index >= 15 is 0 Å². The van der Waals surface area contributed by atoms with Crippen LogP contribution in [0.2, 0.25) is 0 Å². The van der Waals surface area contributed by atoms with Gasteiger partial charge in [0, 0.05) is 7.05 Å². The van der Waals surface area contributed by atoms with E-state index in [4.69, 9.17) is 4.98 Å². The van der Waals surface area contributed by atoms with Crippen molar-refractivity contribution in [2.24, 2.45) is 7.05 Å². The number of thiazole rings is 1. The fourth-order valence-electron chi connectivity index (χ4n) is 3.72. The summed E-state index contributed by atoms with van der Waals surface area (Å²) in [4.78, 5) is 18.2. The Morgan fingerprint density at radius 3 is 2.31 bits per heavy atom. The first-order valence-electron chi connectivity index (χ1n) is 10.1. The Morgan fingerprint density at radius 2 is 1.62 bits per heavy atom. The molecule has 5 rings (SSSR count). The van der Waals surface area contributed by atoms with E-state index in [0.717, 1.165) is 16.6 Å². The molecule has 0 unspecified atom stereocenters. The second-order valence-corrected chi connectivity index (χ2v) is 8.30. The summed E-state index contributed by atoms with van der Waals surface area (Å²) in [6.45, 7) is 0. The van der Waals surface area contributed by atoms with Crippen LogP contribution in [0.1, 0.15) is 11.4 Å². The molecule has 6 heteroatoms. The Morgan fingerprint density at radius 1 is 0.969 bits per heavy atom. The summed E-state index contributed by atoms with van der Waals surface area (Å²) >= 11 is 1.30. The smallest absolute Gasteiger partial charge is 0.273 e. The van der Waals surface area contributed by atoms with E-state index in [9.17, 15) is 10.1 Å². The number of nitrogens with zero attached hydrogens (tertiary/aromatic N) is 4. The standard InChI is InChI=1S/C26H18N4OS/c1-29-22-15-9-8-14-21(22)28-24(29)20(17-27)26-30(19-12-6-3-7-13-19)25(31)23(32-26)16-18-10-4-2-5-11-18/h2-16H,1H3/b23-16-,26-20+. The van der Waals surface area contributed by atoms with Crippen LogP contribution in [0.25, 0.3) is 28.4 Å². The number of nitriles is 1. The third-order valence-corrected chi connectivity index (χ3v) is 6.36. The van der Waals surface area contributed by atoms with Crippen molar-refractivity contribution in [3.63, 3.8) is 0 Å². The fraction of sp³-hybridized carbons (Fsp3) is 0.0385. The lowest BCUT2D eigenvalue weighted by molar-refractivity contribution is 0.915. The summed E-state index contributed by atoms with van der Waals surface area (Å²) in [6, 6.07) is 29.2. The Bertz CT molecular complexity index is 1650. The zero-order chi connectivity index (χ0) is 22.1. The minimum atomic E-state index is -0.161. The first-order chi connectivity index (χ1) is 15.7. The van der Waals surface area contributed by atoms with Gasteiger partial charge in [-0.2, -0.15) is 5.26 Å². The summed E-state index contributed by atoms with van der Waals surface area (Å²) in [7, 11) is 1.89. The van der Waals surface area contributed by atoms with Gasteiger partial charge >= 0.3 is 0 Å². The minimum absolute atomic E-state index is 0.161. The number of benzene rings is 3. The Hall–Kier alpha value is -4.21. The van der Waals surface area contributed by atoms with Crippen LogP contribution >= 0.6 is 11.3 Å². The summed E-state index contributed by atoms with van der Waals surface area (Å²) < 4.78 is 4.62. The third-order valence-electron chi connectivity index (χ3n) is 5.27. The lowest BCUT2D eigenvalue weighted by Crippen LogP contribution is -2.31. The van der Waals surface area contributed by atoms with Crippen LogP contribution in [0.3, 0.4) is 0 Å². The maximum Gasteiger partial charge on any atom is 0.273 e. The molecule has 0 aliphatic rings. The molecule has 0 N–H and O–H groups in total. The van der Waals surface area contributed by atoms with Gasteiger partial charge in [0.25, 0.3) is 5.56 Å². The number of aryl methyl sites for hydroxylation is 1. The molecule has 32 heavy (non-hydrogen) atoms. The van der Waals surface area contributed by atoms with Gasteiger partial charge in [0.1, 0.15) is 16.3 Å².